The molecule has 2 heterocycles. The van der Waals surface area contributed by atoms with Crippen molar-refractivity contribution >= 4 is 37.8 Å². The first-order chi connectivity index (χ1) is 15.0. The Kier molecular flexibility index (Phi) is 4.57. The van der Waals surface area contributed by atoms with Crippen LogP contribution in [-0.2, 0) is 29.9 Å². The Labute approximate surface area is 186 Å². The molecule has 0 spiro atoms. The molecule has 32 heavy (non-hydrogen) atoms. The summed E-state index contributed by atoms with van der Waals surface area (Å²) in [6, 6.07) is 9.77. The summed E-state index contributed by atoms with van der Waals surface area (Å²) in [5.41, 5.74) is 3.39. The second-order valence-corrected chi connectivity index (χ2v) is 11.4. The number of hydrogen-bond donors (Lipinski definition) is 1. The molecule has 5 rings (SSSR count). The highest BCUT2D eigenvalue weighted by atomic mass is 32.2. The van der Waals surface area contributed by atoms with Crippen molar-refractivity contribution in [3.8, 4) is 0 Å². The second-order valence-electron chi connectivity index (χ2n) is 9.68. The lowest BCUT2D eigenvalue weighted by Gasteiger charge is -2.33. The zero-order valence-electron chi connectivity index (χ0n) is 18.6. The van der Waals surface area contributed by atoms with Gasteiger partial charge in [-0.3, -0.25) is 9.29 Å². The van der Waals surface area contributed by atoms with Gasteiger partial charge in [-0.1, -0.05) is 20.8 Å². The van der Waals surface area contributed by atoms with Crippen molar-refractivity contribution < 1.29 is 17.3 Å². The molecule has 1 aliphatic rings. The quantitative estimate of drug-likeness (QED) is 0.478. The van der Waals surface area contributed by atoms with Gasteiger partial charge in [0, 0.05) is 36.2 Å². The molecule has 1 atom stereocenters. The lowest BCUT2D eigenvalue weighted by Crippen LogP contribution is -2.26. The van der Waals surface area contributed by atoms with Crippen LogP contribution in [0.4, 0.5) is 5.69 Å². The van der Waals surface area contributed by atoms with Gasteiger partial charge in [-0.05, 0) is 54.5 Å². The van der Waals surface area contributed by atoms with E-state index in [4.69, 9.17) is 8.83 Å². The van der Waals surface area contributed by atoms with E-state index in [1.54, 1.807) is 19.2 Å². The minimum absolute atomic E-state index is 0.0291. The van der Waals surface area contributed by atoms with E-state index in [0.717, 1.165) is 36.0 Å². The predicted octanol–water partition coefficient (Wildman–Crippen LogP) is 4.83. The largest absolute Gasteiger partial charge is 0.461 e. The highest BCUT2D eigenvalue weighted by Crippen LogP contribution is 2.41. The number of anilines is 1. The third-order valence-electron chi connectivity index (χ3n) is 6.60. The molecule has 0 amide bonds. The summed E-state index contributed by atoms with van der Waals surface area (Å²) >= 11 is 0. The molecule has 0 fully saturated rings. The lowest BCUT2D eigenvalue weighted by atomic mass is 9.71. The van der Waals surface area contributed by atoms with Crippen molar-refractivity contribution in [2.24, 2.45) is 18.4 Å². The third kappa shape index (κ3) is 3.43. The van der Waals surface area contributed by atoms with Gasteiger partial charge in [0.25, 0.3) is 10.0 Å². The van der Waals surface area contributed by atoms with Crippen molar-refractivity contribution in [3.63, 3.8) is 0 Å². The zero-order chi connectivity index (χ0) is 22.8. The number of aromatic nitrogens is 1. The van der Waals surface area contributed by atoms with E-state index >= 15 is 0 Å². The van der Waals surface area contributed by atoms with E-state index in [0.29, 0.717) is 17.1 Å². The summed E-state index contributed by atoms with van der Waals surface area (Å²) in [4.78, 5) is 11.7. The Morgan fingerprint density at radius 2 is 1.84 bits per heavy atom. The fourth-order valence-electron chi connectivity index (χ4n) is 4.58. The lowest BCUT2D eigenvalue weighted by molar-refractivity contribution is 0.210. The van der Waals surface area contributed by atoms with Gasteiger partial charge >= 0.3 is 5.76 Å². The van der Waals surface area contributed by atoms with E-state index in [9.17, 15) is 13.2 Å². The van der Waals surface area contributed by atoms with Gasteiger partial charge in [0.05, 0.1) is 10.4 Å². The number of oxazole rings is 1. The summed E-state index contributed by atoms with van der Waals surface area (Å²) in [5, 5.41) is 0.957. The van der Waals surface area contributed by atoms with Crippen LogP contribution in [0, 0.1) is 11.3 Å². The minimum atomic E-state index is -3.87. The molecule has 0 aliphatic heterocycles. The second kappa shape index (κ2) is 7.00. The van der Waals surface area contributed by atoms with Crippen molar-refractivity contribution in [3.05, 3.63) is 58.3 Å². The Hall–Kier alpha value is -3.00. The maximum Gasteiger partial charge on any atom is 0.419 e. The van der Waals surface area contributed by atoms with Gasteiger partial charge in [0.2, 0.25) is 0 Å². The van der Waals surface area contributed by atoms with Crippen LogP contribution < -0.4 is 10.5 Å². The van der Waals surface area contributed by atoms with Crippen LogP contribution in [0.5, 0.6) is 0 Å². The summed E-state index contributed by atoms with van der Waals surface area (Å²) in [5.74, 6) is 1.01. The first-order valence-corrected chi connectivity index (χ1v) is 12.2. The Morgan fingerprint density at radius 1 is 1.06 bits per heavy atom. The van der Waals surface area contributed by atoms with E-state index in [2.05, 4.69) is 25.5 Å². The van der Waals surface area contributed by atoms with E-state index in [-0.39, 0.29) is 15.9 Å². The average molecular weight is 455 g/mol. The number of nitrogens with zero attached hydrogens (tertiary/aromatic N) is 1. The third-order valence-corrected chi connectivity index (χ3v) is 7.97. The van der Waals surface area contributed by atoms with Crippen LogP contribution in [0.3, 0.4) is 0 Å². The standard InChI is InChI=1S/C24H26N2O5S/c1-24(2,3)14-5-9-20-17(11-14)18-12-15(6-10-21(18)30-20)25-32(28,29)16-7-8-19-22(13-16)31-23(27)26(19)4/h6-8,10,12-14,25H,5,9,11H2,1-4H3/t14-/m0/s1. The number of aryl methyl sites for hydroxylation is 2. The zero-order valence-corrected chi connectivity index (χ0v) is 19.4. The highest BCUT2D eigenvalue weighted by molar-refractivity contribution is 7.92. The first kappa shape index (κ1) is 20.9. The summed E-state index contributed by atoms with van der Waals surface area (Å²) in [6.07, 6.45) is 2.91. The summed E-state index contributed by atoms with van der Waals surface area (Å²) in [7, 11) is -2.29. The molecule has 2 aromatic carbocycles. The van der Waals surface area contributed by atoms with Crippen LogP contribution in [0.1, 0.15) is 38.5 Å². The van der Waals surface area contributed by atoms with Gasteiger partial charge in [0.15, 0.2) is 5.58 Å². The van der Waals surface area contributed by atoms with Crippen LogP contribution in [0.25, 0.3) is 22.1 Å². The fourth-order valence-corrected chi connectivity index (χ4v) is 5.64. The van der Waals surface area contributed by atoms with Crippen molar-refractivity contribution in [1.82, 2.24) is 4.57 Å². The maximum absolute atomic E-state index is 13.0. The molecule has 0 saturated heterocycles. The first-order valence-electron chi connectivity index (χ1n) is 10.7. The number of benzene rings is 2. The number of fused-ring (bicyclic) bond motifs is 4. The normalized spacial score (nSPS) is 17.1. The number of furan rings is 1. The molecular weight excluding hydrogens is 428 g/mol. The molecule has 4 aromatic rings. The van der Waals surface area contributed by atoms with Crippen molar-refractivity contribution in [2.75, 3.05) is 4.72 Å². The van der Waals surface area contributed by atoms with Gasteiger partial charge in [0.1, 0.15) is 11.3 Å². The smallest absolute Gasteiger partial charge is 0.419 e. The number of nitrogens with one attached hydrogen (secondary N) is 1. The molecule has 7 nitrogen and oxygen atoms in total. The molecule has 8 heteroatoms. The predicted molar refractivity (Wildman–Crippen MR) is 123 cm³/mol. The molecule has 1 aliphatic carbocycles. The topological polar surface area (TPSA) is 94.5 Å². The fraction of sp³-hybridized carbons (Fsp3) is 0.375. The highest BCUT2D eigenvalue weighted by Gasteiger charge is 2.31. The van der Waals surface area contributed by atoms with Gasteiger partial charge in [-0.2, -0.15) is 0 Å². The molecule has 0 saturated carbocycles. The molecule has 0 radical (unpaired) electrons. The van der Waals surface area contributed by atoms with Gasteiger partial charge in [-0.25, -0.2) is 13.2 Å². The van der Waals surface area contributed by atoms with Crippen LogP contribution in [-0.4, -0.2) is 13.0 Å². The number of rotatable bonds is 3. The molecular formula is C24H26N2O5S. The molecule has 1 N–H and O–H groups in total. The number of sulfonamides is 1. The Balaban J connectivity index is 1.49. The van der Waals surface area contributed by atoms with Crippen molar-refractivity contribution in [2.45, 2.75) is 44.9 Å². The van der Waals surface area contributed by atoms with Crippen LogP contribution >= 0.6 is 0 Å². The maximum atomic E-state index is 13.0. The van der Waals surface area contributed by atoms with Crippen LogP contribution in [0.2, 0.25) is 0 Å². The summed E-state index contributed by atoms with van der Waals surface area (Å²) < 4.78 is 41.2. The SMILES string of the molecule is Cn1c(=O)oc2cc(S(=O)(=O)Nc3ccc4oc5c(c4c3)C[C@@H](C(C)(C)C)CC5)ccc21. The molecule has 0 unspecified atom stereocenters. The van der Waals surface area contributed by atoms with Gasteiger partial charge in [-0.15, -0.1) is 0 Å². The molecule has 2 aromatic heterocycles. The average Bonchev–Trinajstić information content (AvgIpc) is 3.23. The van der Waals surface area contributed by atoms with Gasteiger partial charge < -0.3 is 8.83 Å². The van der Waals surface area contributed by atoms with Crippen LogP contribution in [0.15, 0.2) is 54.9 Å². The minimum Gasteiger partial charge on any atom is -0.461 e. The summed E-state index contributed by atoms with van der Waals surface area (Å²) in [6.45, 7) is 6.78. The monoisotopic (exact) mass is 454 g/mol. The number of hydrogen-bond acceptors (Lipinski definition) is 5. The van der Waals surface area contributed by atoms with Crippen molar-refractivity contribution in [1.29, 1.82) is 0 Å². The van der Waals surface area contributed by atoms with E-state index in [1.807, 2.05) is 12.1 Å². The molecule has 168 valence electrons. The Bertz CT molecular complexity index is 1520. The molecule has 0 bridgehead atoms. The van der Waals surface area contributed by atoms with E-state index in [1.165, 1.54) is 22.3 Å². The van der Waals surface area contributed by atoms with E-state index < -0.39 is 15.8 Å². The Morgan fingerprint density at radius 3 is 2.59 bits per heavy atom.